The highest BCUT2D eigenvalue weighted by atomic mass is 32.2. The molecule has 0 atom stereocenters. The van der Waals surface area contributed by atoms with E-state index in [1.54, 1.807) is 55.1 Å². The molecule has 0 aliphatic heterocycles. The molecule has 4 aliphatic rings. The third kappa shape index (κ3) is 18.1. The number of ketones is 1. The van der Waals surface area contributed by atoms with Crippen LogP contribution in [0.5, 0.6) is 0 Å². The molecule has 7 aromatic heterocycles. The number of nitrogens with one attached hydrogen (secondary N) is 1. The Labute approximate surface area is 471 Å². The highest BCUT2D eigenvalue weighted by Crippen LogP contribution is 2.38. The van der Waals surface area contributed by atoms with Crippen molar-refractivity contribution in [2.24, 2.45) is 50.7 Å². The van der Waals surface area contributed by atoms with Crippen LogP contribution >= 0.6 is 35.3 Å². The maximum atomic E-state index is 12.4. The first-order valence-corrected chi connectivity index (χ1v) is 31.6. The molecule has 0 aromatic carbocycles. The molecule has 20 nitrogen and oxygen atoms in total. The largest absolute Gasteiger partial charge is 0.383 e. The number of sulfone groups is 1. The Hall–Kier alpha value is -5.92. The lowest BCUT2D eigenvalue weighted by Crippen LogP contribution is -2.13. The van der Waals surface area contributed by atoms with Gasteiger partial charge in [-0.1, -0.05) is 35.3 Å². The molecule has 4 fully saturated rings. The van der Waals surface area contributed by atoms with Gasteiger partial charge in [-0.25, -0.2) is 48.3 Å². The minimum absolute atomic E-state index is 0.142. The number of Topliss-reactive ketones (excluding diaryl/α,β-unsaturated/α-hetero) is 1. The van der Waals surface area contributed by atoms with Gasteiger partial charge >= 0.3 is 0 Å². The van der Waals surface area contributed by atoms with Crippen LogP contribution in [0.4, 0.5) is 0 Å². The second-order valence-corrected chi connectivity index (χ2v) is 24.2. The first kappa shape index (κ1) is 59.7. The SMILES string of the molecule is CNN.CSc1nccc(-c2cn(C)nc2CC2CC2)n1.CSc1nccc(-c2cnn(C)c2CC2CC2)n1.CSc1nccc(/C(=C\N(C)C)C(=O)CC2CC2)n1.Cn1ncc(-c2ccnc(S(C)(=O)=O)n2)c1CC1CC1. The number of nitrogens with zero attached hydrogens (tertiary/aromatic N) is 15. The van der Waals surface area contributed by atoms with Crippen LogP contribution < -0.4 is 11.3 Å². The van der Waals surface area contributed by atoms with Gasteiger partial charge in [-0.2, -0.15) is 15.3 Å². The van der Waals surface area contributed by atoms with Gasteiger partial charge in [0, 0.05) is 113 Å². The average molecular weight is 1140 g/mol. The van der Waals surface area contributed by atoms with Gasteiger partial charge in [-0.15, -0.1) is 0 Å². The van der Waals surface area contributed by atoms with Crippen molar-refractivity contribution in [1.29, 1.82) is 0 Å². The van der Waals surface area contributed by atoms with E-state index in [1.807, 2.05) is 110 Å². The third-order valence-electron chi connectivity index (χ3n) is 12.9. The van der Waals surface area contributed by atoms with E-state index in [4.69, 9.17) is 0 Å². The summed E-state index contributed by atoms with van der Waals surface area (Å²) in [6, 6.07) is 7.46. The maximum Gasteiger partial charge on any atom is 0.247 e. The maximum absolute atomic E-state index is 12.4. The minimum Gasteiger partial charge on any atom is -0.383 e. The van der Waals surface area contributed by atoms with Crippen LogP contribution in [0.1, 0.15) is 80.6 Å². The fourth-order valence-electron chi connectivity index (χ4n) is 8.19. The Morgan fingerprint density at radius 3 is 1.56 bits per heavy atom. The molecule has 0 saturated heterocycles. The molecule has 4 aliphatic carbocycles. The molecule has 7 aromatic rings. The van der Waals surface area contributed by atoms with Gasteiger partial charge < -0.3 is 4.90 Å². The van der Waals surface area contributed by atoms with Gasteiger partial charge in [0.05, 0.1) is 46.4 Å². The van der Waals surface area contributed by atoms with Crippen molar-refractivity contribution in [2.45, 2.75) is 97.7 Å². The normalized spacial score (nSPS) is 14.9. The van der Waals surface area contributed by atoms with E-state index in [0.29, 0.717) is 28.8 Å². The van der Waals surface area contributed by atoms with E-state index >= 15 is 0 Å². The quantitative estimate of drug-likeness (QED) is 0.0272. The zero-order valence-corrected chi connectivity index (χ0v) is 49.6. The van der Waals surface area contributed by atoms with E-state index < -0.39 is 9.84 Å². The first-order chi connectivity index (χ1) is 37.5. The molecule has 0 radical (unpaired) electrons. The van der Waals surface area contributed by atoms with Crippen molar-refractivity contribution < 1.29 is 13.2 Å². The van der Waals surface area contributed by atoms with Crippen molar-refractivity contribution >= 4 is 56.5 Å². The summed E-state index contributed by atoms with van der Waals surface area (Å²) in [5, 5.41) is 15.4. The molecule has 0 bridgehead atoms. The summed E-state index contributed by atoms with van der Waals surface area (Å²) in [4.78, 5) is 48.4. The Morgan fingerprint density at radius 2 is 1.10 bits per heavy atom. The number of rotatable bonds is 18. The topological polar surface area (TPSA) is 249 Å². The highest BCUT2D eigenvalue weighted by molar-refractivity contribution is 7.98. The van der Waals surface area contributed by atoms with Gasteiger partial charge in [0.1, 0.15) is 0 Å². The fourth-order valence-corrected chi connectivity index (χ4v) is 9.78. The zero-order valence-electron chi connectivity index (χ0n) is 46.4. The monoisotopic (exact) mass is 1140 g/mol. The molecule has 0 spiro atoms. The number of aromatic nitrogens is 14. The molecule has 24 heteroatoms. The van der Waals surface area contributed by atoms with Gasteiger partial charge in [-0.3, -0.25) is 30.1 Å². The summed E-state index contributed by atoms with van der Waals surface area (Å²) in [7, 11) is 7.97. The molecule has 11 rings (SSSR count). The van der Waals surface area contributed by atoms with E-state index in [0.717, 1.165) is 93.1 Å². The first-order valence-electron chi connectivity index (χ1n) is 26.0. The zero-order chi connectivity index (χ0) is 55.9. The lowest BCUT2D eigenvalue weighted by atomic mass is 10.0. The fraction of sp³-hybridized carbons (Fsp3) is 0.481. The summed E-state index contributed by atoms with van der Waals surface area (Å²) < 4.78 is 28.8. The van der Waals surface area contributed by atoms with Gasteiger partial charge in [-0.05, 0) is 144 Å². The predicted molar refractivity (Wildman–Crippen MR) is 310 cm³/mol. The summed E-state index contributed by atoms with van der Waals surface area (Å²) >= 11 is 4.62. The number of aryl methyl sites for hydroxylation is 3. The van der Waals surface area contributed by atoms with Crippen molar-refractivity contribution in [3.05, 3.63) is 96.6 Å². The molecule has 7 heterocycles. The van der Waals surface area contributed by atoms with Crippen molar-refractivity contribution in [3.63, 3.8) is 0 Å². The highest BCUT2D eigenvalue weighted by Gasteiger charge is 2.29. The summed E-state index contributed by atoms with van der Waals surface area (Å²) in [6.45, 7) is 0. The van der Waals surface area contributed by atoms with Crippen LogP contribution in [0.15, 0.2) is 94.5 Å². The summed E-state index contributed by atoms with van der Waals surface area (Å²) in [6.07, 6.45) is 35.5. The van der Waals surface area contributed by atoms with Crippen LogP contribution in [0.25, 0.3) is 39.3 Å². The van der Waals surface area contributed by atoms with E-state index in [-0.39, 0.29) is 10.9 Å². The number of carbonyl (C=O) groups is 1. The number of allylic oxidation sites excluding steroid dienone is 1. The molecule has 0 amide bonds. The predicted octanol–water partition coefficient (Wildman–Crippen LogP) is 7.89. The Morgan fingerprint density at radius 1 is 0.667 bits per heavy atom. The molecule has 0 unspecified atom stereocenters. The molecule has 416 valence electrons. The van der Waals surface area contributed by atoms with E-state index in [9.17, 15) is 13.2 Å². The number of hydrazine groups is 1. The minimum atomic E-state index is -3.40. The molecule has 4 saturated carbocycles. The number of hydrogen-bond acceptors (Lipinski definition) is 20. The Kier molecular flexibility index (Phi) is 21.7. The Bertz CT molecular complexity index is 3190. The van der Waals surface area contributed by atoms with Crippen LogP contribution in [-0.4, -0.2) is 134 Å². The van der Waals surface area contributed by atoms with Crippen LogP contribution in [-0.2, 0) is 55.0 Å². The number of hydrogen-bond donors (Lipinski definition) is 2. The number of thioether (sulfide) groups is 3. The van der Waals surface area contributed by atoms with Crippen LogP contribution in [0.3, 0.4) is 0 Å². The second kappa shape index (κ2) is 28.3. The van der Waals surface area contributed by atoms with Crippen LogP contribution in [0, 0.1) is 23.7 Å². The van der Waals surface area contributed by atoms with E-state index in [2.05, 4.69) is 72.6 Å². The van der Waals surface area contributed by atoms with Crippen LogP contribution in [0.2, 0.25) is 0 Å². The third-order valence-corrected chi connectivity index (χ3v) is 15.5. The summed E-state index contributed by atoms with van der Waals surface area (Å²) in [5.74, 6) is 7.77. The second-order valence-electron chi connectivity index (χ2n) is 20.0. The van der Waals surface area contributed by atoms with Gasteiger partial charge in [0.25, 0.3) is 0 Å². The van der Waals surface area contributed by atoms with Crippen molar-refractivity contribution in [3.8, 4) is 33.8 Å². The van der Waals surface area contributed by atoms with Gasteiger partial charge in [0.15, 0.2) is 21.3 Å². The molecular formula is C54H73N17O3S4. The van der Waals surface area contributed by atoms with Crippen molar-refractivity contribution in [2.75, 3.05) is 46.2 Å². The van der Waals surface area contributed by atoms with Gasteiger partial charge in [0.2, 0.25) is 15.0 Å². The number of nitrogens with two attached hydrogens (primary N) is 1. The average Bonchev–Trinajstić information content (AvgIpc) is 4.25. The molecule has 78 heavy (non-hydrogen) atoms. The lowest BCUT2D eigenvalue weighted by molar-refractivity contribution is -0.114. The summed E-state index contributed by atoms with van der Waals surface area (Å²) in [5.41, 5.74) is 13.0. The smallest absolute Gasteiger partial charge is 0.247 e. The molecule has 3 N–H and O–H groups in total. The molecular weight excluding hydrogens is 1060 g/mol. The lowest BCUT2D eigenvalue weighted by Gasteiger charge is -2.11. The van der Waals surface area contributed by atoms with E-state index in [1.165, 1.54) is 80.7 Å². The standard InChI is InChI=1S/C14H19N3OS.C13H16N4O2S.2C13H16N4S.CH6N2/c1-17(2)9-11(13(18)8-10-4-5-10)12-6-7-15-14(16-12)19-3;1-17-12(7-9-3-4-9)10(8-15-17)11-5-6-14-13(16-11)20(2,18)19;1-17-8-10(12(16-17)7-9-3-4-9)11-5-6-14-13(15-11)18-2;1-17-12(7-9-3-4-9)10(8-15-17)11-5-6-14-13(16-11)18-2;1-3-2/h6-7,9-10H,4-5,8H2,1-3H3;5-6,8-9H,3-4,7H2,1-2H3;2*5-6,8-9H,3-4,7H2,1-2H3;3H,2H2,1H3/b11-9+;;;;. The number of carbonyl (C=O) groups excluding carboxylic acids is 1. The Balaban J connectivity index is 0.000000148. The van der Waals surface area contributed by atoms with Crippen molar-refractivity contribution in [1.82, 2.24) is 79.5 Å².